The van der Waals surface area contributed by atoms with Crippen molar-refractivity contribution in [2.45, 2.75) is 25.4 Å². The Morgan fingerprint density at radius 1 is 1.48 bits per heavy atom. The third-order valence-electron chi connectivity index (χ3n) is 4.09. The average Bonchev–Trinajstić information content (AvgIpc) is 2.47. The van der Waals surface area contributed by atoms with Crippen molar-refractivity contribution in [3.05, 3.63) is 29.6 Å². The van der Waals surface area contributed by atoms with Crippen LogP contribution in [-0.2, 0) is 0 Å². The molecule has 0 aromatic heterocycles. The summed E-state index contributed by atoms with van der Waals surface area (Å²) in [5, 5.41) is 3.43. The molecule has 2 heterocycles. The summed E-state index contributed by atoms with van der Waals surface area (Å²) in [5.74, 6) is 0.638. The Balaban J connectivity index is 0.00000192. The van der Waals surface area contributed by atoms with E-state index in [1.165, 1.54) is 17.8 Å². The Labute approximate surface area is 145 Å². The maximum Gasteiger partial charge on any atom is 0.281 e. The lowest BCUT2D eigenvalue weighted by Crippen LogP contribution is -2.51. The SMILES string of the molecule is CCSC(=O)N1CCC2(CC1)N=C(N)c1c(F)cccc1N2.Cl. The number of hydrogen-bond acceptors (Lipinski definition) is 5. The predicted molar refractivity (Wildman–Crippen MR) is 95.1 cm³/mol. The molecular weight excluding hydrogens is 339 g/mol. The van der Waals surface area contributed by atoms with Gasteiger partial charge in [-0.3, -0.25) is 4.79 Å². The number of piperidine rings is 1. The highest BCUT2D eigenvalue weighted by Gasteiger charge is 2.39. The van der Waals surface area contributed by atoms with Crippen molar-refractivity contribution in [2.24, 2.45) is 10.7 Å². The van der Waals surface area contributed by atoms with Crippen LogP contribution >= 0.6 is 24.2 Å². The summed E-state index contributed by atoms with van der Waals surface area (Å²) >= 11 is 1.32. The van der Waals surface area contributed by atoms with E-state index in [1.807, 2.05) is 17.9 Å². The number of carbonyl (C=O) groups is 1. The molecule has 23 heavy (non-hydrogen) atoms. The molecule has 1 spiro atoms. The minimum atomic E-state index is -0.529. The highest BCUT2D eigenvalue weighted by Crippen LogP contribution is 2.35. The molecule has 2 aliphatic rings. The van der Waals surface area contributed by atoms with Crippen molar-refractivity contribution in [2.75, 3.05) is 24.2 Å². The second-order valence-electron chi connectivity index (χ2n) is 5.50. The number of amidine groups is 1. The van der Waals surface area contributed by atoms with Crippen molar-refractivity contribution < 1.29 is 9.18 Å². The average molecular weight is 359 g/mol. The van der Waals surface area contributed by atoms with E-state index in [-0.39, 0.29) is 29.3 Å². The van der Waals surface area contributed by atoms with Crippen molar-refractivity contribution in [1.29, 1.82) is 0 Å². The summed E-state index contributed by atoms with van der Waals surface area (Å²) in [5.41, 5.74) is 6.47. The number of benzene rings is 1. The number of thioether (sulfide) groups is 1. The van der Waals surface area contributed by atoms with Gasteiger partial charge in [0.15, 0.2) is 0 Å². The topological polar surface area (TPSA) is 70.7 Å². The number of aliphatic imine (C=N–C) groups is 1. The fourth-order valence-corrected chi connectivity index (χ4v) is 3.58. The molecule has 0 radical (unpaired) electrons. The zero-order valence-electron chi connectivity index (χ0n) is 12.8. The number of halogens is 2. The Morgan fingerprint density at radius 2 is 2.17 bits per heavy atom. The van der Waals surface area contributed by atoms with Gasteiger partial charge in [-0.1, -0.05) is 24.8 Å². The van der Waals surface area contributed by atoms with E-state index in [1.54, 1.807) is 6.07 Å². The molecule has 0 bridgehead atoms. The number of amides is 1. The smallest absolute Gasteiger partial charge is 0.281 e. The molecule has 1 aromatic rings. The van der Waals surface area contributed by atoms with Gasteiger partial charge in [0.1, 0.15) is 17.3 Å². The van der Waals surface area contributed by atoms with Gasteiger partial charge in [-0.25, -0.2) is 9.38 Å². The lowest BCUT2D eigenvalue weighted by atomic mass is 9.94. The molecule has 126 valence electrons. The van der Waals surface area contributed by atoms with E-state index in [0.717, 1.165) is 5.75 Å². The van der Waals surface area contributed by atoms with Crippen LogP contribution in [0, 0.1) is 5.82 Å². The van der Waals surface area contributed by atoms with Gasteiger partial charge in [0.2, 0.25) is 0 Å². The monoisotopic (exact) mass is 358 g/mol. The van der Waals surface area contributed by atoms with Crippen molar-refractivity contribution in [1.82, 2.24) is 4.90 Å². The summed E-state index contributed by atoms with van der Waals surface area (Å²) in [4.78, 5) is 18.3. The lowest BCUT2D eigenvalue weighted by Gasteiger charge is -2.42. The molecule has 5 nitrogen and oxygen atoms in total. The molecule has 3 N–H and O–H groups in total. The maximum absolute atomic E-state index is 13.9. The standard InChI is InChI=1S/C15H19FN4OS.ClH/c1-2-22-14(21)20-8-6-15(7-9-20)18-11-5-3-4-10(16)12(11)13(17)19-15;/h3-5,18H,2,6-9H2,1H3,(H2,17,19);1H. The summed E-state index contributed by atoms with van der Waals surface area (Å²) in [7, 11) is 0. The molecule has 3 rings (SSSR count). The van der Waals surface area contributed by atoms with Gasteiger partial charge in [-0.2, -0.15) is 0 Å². The Bertz CT molecular complexity index is 632. The molecule has 1 fully saturated rings. The van der Waals surface area contributed by atoms with E-state index < -0.39 is 5.66 Å². The normalized spacial score (nSPS) is 18.5. The maximum atomic E-state index is 13.9. The first-order valence-electron chi connectivity index (χ1n) is 7.39. The molecule has 0 atom stereocenters. The molecule has 8 heteroatoms. The predicted octanol–water partition coefficient (Wildman–Crippen LogP) is 3.04. The number of nitrogens with one attached hydrogen (secondary N) is 1. The molecule has 0 unspecified atom stereocenters. The molecule has 1 amide bonds. The van der Waals surface area contributed by atoms with Gasteiger partial charge >= 0.3 is 0 Å². The zero-order valence-corrected chi connectivity index (χ0v) is 14.5. The third-order valence-corrected chi connectivity index (χ3v) is 4.88. The molecule has 0 saturated carbocycles. The fourth-order valence-electron chi connectivity index (χ4n) is 2.96. The quantitative estimate of drug-likeness (QED) is 0.809. The van der Waals surface area contributed by atoms with Crippen LogP contribution in [0.15, 0.2) is 23.2 Å². The number of carbonyl (C=O) groups excluding carboxylic acids is 1. The summed E-state index contributed by atoms with van der Waals surface area (Å²) < 4.78 is 13.9. The summed E-state index contributed by atoms with van der Waals surface area (Å²) in [6, 6.07) is 4.85. The van der Waals surface area contributed by atoms with E-state index in [9.17, 15) is 9.18 Å². The van der Waals surface area contributed by atoms with Crippen LogP contribution in [0.4, 0.5) is 14.9 Å². The molecule has 2 aliphatic heterocycles. The highest BCUT2D eigenvalue weighted by atomic mass is 35.5. The van der Waals surface area contributed by atoms with E-state index >= 15 is 0 Å². The van der Waals surface area contributed by atoms with Crippen LogP contribution in [0.1, 0.15) is 25.3 Å². The Kier molecular flexibility index (Phi) is 5.41. The first-order valence-corrected chi connectivity index (χ1v) is 8.37. The Hall–Kier alpha value is -1.47. The van der Waals surface area contributed by atoms with Crippen molar-refractivity contribution >= 4 is 40.9 Å². The fraction of sp³-hybridized carbons (Fsp3) is 0.467. The van der Waals surface area contributed by atoms with Crippen LogP contribution in [0.5, 0.6) is 0 Å². The van der Waals surface area contributed by atoms with Crippen LogP contribution in [0.25, 0.3) is 0 Å². The number of nitrogens with two attached hydrogens (primary N) is 1. The minimum Gasteiger partial charge on any atom is -0.383 e. The summed E-state index contributed by atoms with van der Waals surface area (Å²) in [6.45, 7) is 3.22. The van der Waals surface area contributed by atoms with Crippen LogP contribution < -0.4 is 11.1 Å². The molecule has 1 saturated heterocycles. The van der Waals surface area contributed by atoms with Gasteiger partial charge in [-0.05, 0) is 17.9 Å². The second-order valence-corrected chi connectivity index (χ2v) is 6.72. The number of likely N-dealkylation sites (tertiary alicyclic amines) is 1. The molecule has 0 aliphatic carbocycles. The number of rotatable bonds is 1. The van der Waals surface area contributed by atoms with Crippen LogP contribution in [0.2, 0.25) is 0 Å². The highest BCUT2D eigenvalue weighted by molar-refractivity contribution is 8.13. The number of nitrogens with zero attached hydrogens (tertiary/aromatic N) is 2. The van der Waals surface area contributed by atoms with Gasteiger partial charge in [0.25, 0.3) is 5.24 Å². The van der Waals surface area contributed by atoms with E-state index in [2.05, 4.69) is 10.3 Å². The van der Waals surface area contributed by atoms with Gasteiger partial charge < -0.3 is 16.0 Å². The van der Waals surface area contributed by atoms with E-state index in [0.29, 0.717) is 37.2 Å². The third kappa shape index (κ3) is 3.40. The minimum absolute atomic E-state index is 0. The molecular formula is C15H20ClFN4OS. The van der Waals surface area contributed by atoms with Crippen molar-refractivity contribution in [3.63, 3.8) is 0 Å². The molecule has 1 aromatic carbocycles. The van der Waals surface area contributed by atoms with Crippen LogP contribution in [-0.4, -0.2) is 40.5 Å². The number of anilines is 1. The summed E-state index contributed by atoms with van der Waals surface area (Å²) in [6.07, 6.45) is 1.33. The van der Waals surface area contributed by atoms with Gasteiger partial charge in [0, 0.05) is 31.6 Å². The van der Waals surface area contributed by atoms with Gasteiger partial charge in [-0.15, -0.1) is 12.4 Å². The zero-order chi connectivity index (χ0) is 15.7. The largest absolute Gasteiger partial charge is 0.383 e. The van der Waals surface area contributed by atoms with Crippen molar-refractivity contribution in [3.8, 4) is 0 Å². The Morgan fingerprint density at radius 3 is 2.83 bits per heavy atom. The van der Waals surface area contributed by atoms with E-state index in [4.69, 9.17) is 5.73 Å². The first-order chi connectivity index (χ1) is 10.5. The second kappa shape index (κ2) is 6.97. The first kappa shape index (κ1) is 17.9. The number of fused-ring (bicyclic) bond motifs is 1. The number of hydrogen-bond donors (Lipinski definition) is 2. The van der Waals surface area contributed by atoms with Gasteiger partial charge in [0.05, 0.1) is 5.56 Å². The van der Waals surface area contributed by atoms with Crippen LogP contribution in [0.3, 0.4) is 0 Å². The lowest BCUT2D eigenvalue weighted by molar-refractivity contribution is 0.188.